The Kier molecular flexibility index (Phi) is 8.76. The maximum Gasteiger partial charge on any atom is 0.0474 e. The Balaban J connectivity index is 2.90. The minimum atomic E-state index is 0.801. The van der Waals surface area contributed by atoms with Crippen molar-refractivity contribution in [3.63, 3.8) is 0 Å². The highest BCUT2D eigenvalue weighted by Crippen LogP contribution is 1.75. The molecule has 0 aliphatic rings. The van der Waals surface area contributed by atoms with Gasteiger partial charge in [-0.3, -0.25) is 4.99 Å². The van der Waals surface area contributed by atoms with Gasteiger partial charge in [0, 0.05) is 32.7 Å². The molecule has 11 heavy (non-hydrogen) atoms. The Bertz CT molecular complexity index is 113. The third kappa shape index (κ3) is 9.33. The highest BCUT2D eigenvalue weighted by Gasteiger charge is 1.83. The van der Waals surface area contributed by atoms with Crippen LogP contribution in [0.4, 0.5) is 0 Å². The molecule has 0 rings (SSSR count). The van der Waals surface area contributed by atoms with Gasteiger partial charge < -0.3 is 10.1 Å². The van der Waals surface area contributed by atoms with Gasteiger partial charge in [0.25, 0.3) is 0 Å². The molecule has 0 unspecified atom stereocenters. The summed E-state index contributed by atoms with van der Waals surface area (Å²) in [6.07, 6.45) is 4.36. The van der Waals surface area contributed by atoms with Crippen LogP contribution in [0.3, 0.4) is 0 Å². The van der Waals surface area contributed by atoms with Crippen molar-refractivity contribution in [2.45, 2.75) is 6.42 Å². The third-order valence-corrected chi connectivity index (χ3v) is 1.15. The molecule has 0 fully saturated rings. The first kappa shape index (κ1) is 10.3. The summed E-state index contributed by atoms with van der Waals surface area (Å²) in [7, 11) is 1.71. The Morgan fingerprint density at radius 1 is 1.64 bits per heavy atom. The summed E-state index contributed by atoms with van der Waals surface area (Å²) >= 11 is 0. The molecule has 1 N–H and O–H groups in total. The fourth-order valence-electron chi connectivity index (χ4n) is 0.635. The lowest BCUT2D eigenvalue weighted by Gasteiger charge is -1.98. The Morgan fingerprint density at radius 3 is 3.09 bits per heavy atom. The van der Waals surface area contributed by atoms with Crippen LogP contribution < -0.4 is 5.32 Å². The molecular weight excluding hydrogens is 140 g/mol. The monoisotopic (exact) mass is 156 g/mol. The van der Waals surface area contributed by atoms with Crippen LogP contribution in [-0.2, 0) is 4.74 Å². The summed E-state index contributed by atoms with van der Waals surface area (Å²) in [5.74, 6) is 0. The number of nitrogens with zero attached hydrogens (tertiary/aromatic N) is 1. The fraction of sp³-hybridized carbons (Fsp3) is 0.625. The van der Waals surface area contributed by atoms with Crippen molar-refractivity contribution in [3.05, 3.63) is 12.8 Å². The van der Waals surface area contributed by atoms with Crippen molar-refractivity contribution in [2.75, 3.05) is 26.8 Å². The first-order chi connectivity index (χ1) is 5.41. The average molecular weight is 156 g/mol. The molecule has 0 aromatic rings. The van der Waals surface area contributed by atoms with E-state index in [4.69, 9.17) is 4.74 Å². The van der Waals surface area contributed by atoms with Crippen molar-refractivity contribution in [2.24, 2.45) is 4.99 Å². The van der Waals surface area contributed by atoms with Gasteiger partial charge in [-0.1, -0.05) is 6.58 Å². The average Bonchev–Trinajstić information content (AvgIpc) is 2.03. The van der Waals surface area contributed by atoms with Crippen molar-refractivity contribution in [1.82, 2.24) is 5.32 Å². The van der Waals surface area contributed by atoms with Crippen molar-refractivity contribution < 1.29 is 4.74 Å². The molecule has 0 saturated heterocycles. The predicted octanol–water partition coefficient (Wildman–Crippen LogP) is 0.827. The second-order valence-electron chi connectivity index (χ2n) is 2.06. The molecule has 64 valence electrons. The number of hydrogen-bond acceptors (Lipinski definition) is 3. The van der Waals surface area contributed by atoms with Gasteiger partial charge in [-0.15, -0.1) is 0 Å². The van der Waals surface area contributed by atoms with E-state index in [0.29, 0.717) is 0 Å². The highest BCUT2D eigenvalue weighted by atomic mass is 16.5. The van der Waals surface area contributed by atoms with Gasteiger partial charge >= 0.3 is 0 Å². The Hall–Kier alpha value is -0.670. The molecule has 0 spiro atoms. The minimum absolute atomic E-state index is 0.801. The first-order valence-electron chi connectivity index (χ1n) is 3.74. The number of methoxy groups -OCH3 is 1. The quantitative estimate of drug-likeness (QED) is 0.437. The molecule has 0 heterocycles. The lowest BCUT2D eigenvalue weighted by Crippen LogP contribution is -2.18. The zero-order valence-corrected chi connectivity index (χ0v) is 7.05. The standard InChI is InChI=1S/C8H16N2O/c1-3-9-6-7-10-5-4-8-11-2/h3,6,10H,1,4-5,7-8H2,2H3/b9-6-. The topological polar surface area (TPSA) is 33.6 Å². The summed E-state index contributed by atoms with van der Waals surface area (Å²) in [4.78, 5) is 3.83. The van der Waals surface area contributed by atoms with Crippen LogP contribution in [0.25, 0.3) is 0 Å². The zero-order valence-electron chi connectivity index (χ0n) is 7.05. The SMILES string of the molecule is C=C/N=C\CNCCCOC. The van der Waals surface area contributed by atoms with Crippen LogP contribution in [0, 0.1) is 0 Å². The normalized spacial score (nSPS) is 10.6. The first-order valence-corrected chi connectivity index (χ1v) is 3.74. The van der Waals surface area contributed by atoms with Crippen LogP contribution in [0.15, 0.2) is 17.8 Å². The van der Waals surface area contributed by atoms with Crippen LogP contribution in [-0.4, -0.2) is 33.0 Å². The molecule has 0 amide bonds. The van der Waals surface area contributed by atoms with E-state index in [9.17, 15) is 0 Å². The van der Waals surface area contributed by atoms with E-state index in [1.54, 1.807) is 13.3 Å². The third-order valence-electron chi connectivity index (χ3n) is 1.15. The van der Waals surface area contributed by atoms with Gasteiger partial charge in [-0.05, 0) is 13.0 Å². The lowest BCUT2D eigenvalue weighted by molar-refractivity contribution is 0.195. The largest absolute Gasteiger partial charge is 0.385 e. The van der Waals surface area contributed by atoms with Crippen molar-refractivity contribution in [1.29, 1.82) is 0 Å². The molecule has 0 aliphatic carbocycles. The molecule has 0 bridgehead atoms. The van der Waals surface area contributed by atoms with Gasteiger partial charge in [0.1, 0.15) is 0 Å². The predicted molar refractivity (Wildman–Crippen MR) is 48.1 cm³/mol. The van der Waals surface area contributed by atoms with Crippen molar-refractivity contribution in [3.8, 4) is 0 Å². The lowest BCUT2D eigenvalue weighted by atomic mass is 10.4. The van der Waals surface area contributed by atoms with E-state index in [-0.39, 0.29) is 0 Å². The number of aliphatic imine (C=N–C) groups is 1. The van der Waals surface area contributed by atoms with E-state index in [2.05, 4.69) is 16.9 Å². The Labute approximate surface area is 68.2 Å². The molecule has 0 atom stereocenters. The number of hydrogen-bond donors (Lipinski definition) is 1. The molecule has 0 aliphatic heterocycles. The summed E-state index contributed by atoms with van der Waals surface area (Å²) in [6.45, 7) is 6.04. The molecule has 0 saturated carbocycles. The van der Waals surface area contributed by atoms with E-state index in [1.807, 2.05) is 0 Å². The maximum atomic E-state index is 4.88. The second-order valence-corrected chi connectivity index (χ2v) is 2.06. The number of ether oxygens (including phenoxy) is 1. The smallest absolute Gasteiger partial charge is 0.0474 e. The Morgan fingerprint density at radius 2 is 2.45 bits per heavy atom. The fourth-order valence-corrected chi connectivity index (χ4v) is 0.635. The summed E-state index contributed by atoms with van der Waals surface area (Å²) in [5, 5.41) is 3.18. The van der Waals surface area contributed by atoms with E-state index < -0.39 is 0 Å². The molecular formula is C8H16N2O. The highest BCUT2D eigenvalue weighted by molar-refractivity contribution is 5.60. The second kappa shape index (κ2) is 9.33. The van der Waals surface area contributed by atoms with Gasteiger partial charge in [-0.25, -0.2) is 0 Å². The van der Waals surface area contributed by atoms with Gasteiger partial charge in [0.15, 0.2) is 0 Å². The van der Waals surface area contributed by atoms with Crippen LogP contribution in [0.2, 0.25) is 0 Å². The van der Waals surface area contributed by atoms with Gasteiger partial charge in [0.2, 0.25) is 0 Å². The minimum Gasteiger partial charge on any atom is -0.385 e. The van der Waals surface area contributed by atoms with Crippen LogP contribution in [0.5, 0.6) is 0 Å². The molecule has 0 aromatic carbocycles. The summed E-state index contributed by atoms with van der Waals surface area (Å²) in [6, 6.07) is 0. The van der Waals surface area contributed by atoms with E-state index >= 15 is 0 Å². The van der Waals surface area contributed by atoms with Gasteiger partial charge in [0.05, 0.1) is 0 Å². The number of nitrogens with one attached hydrogen (secondary N) is 1. The molecule has 0 aromatic heterocycles. The van der Waals surface area contributed by atoms with Crippen LogP contribution >= 0.6 is 0 Å². The van der Waals surface area contributed by atoms with Crippen molar-refractivity contribution >= 4 is 6.21 Å². The summed E-state index contributed by atoms with van der Waals surface area (Å²) in [5.41, 5.74) is 0. The summed E-state index contributed by atoms with van der Waals surface area (Å²) < 4.78 is 4.88. The van der Waals surface area contributed by atoms with Crippen LogP contribution in [0.1, 0.15) is 6.42 Å². The molecule has 3 heteroatoms. The zero-order chi connectivity index (χ0) is 8.36. The number of rotatable bonds is 7. The molecule has 3 nitrogen and oxygen atoms in total. The van der Waals surface area contributed by atoms with E-state index in [1.165, 1.54) is 6.20 Å². The van der Waals surface area contributed by atoms with Gasteiger partial charge in [-0.2, -0.15) is 0 Å². The molecule has 0 radical (unpaired) electrons. The maximum absolute atomic E-state index is 4.88. The van der Waals surface area contributed by atoms with E-state index in [0.717, 1.165) is 26.1 Å².